The molecule has 0 fully saturated rings. The summed E-state index contributed by atoms with van der Waals surface area (Å²) in [6.07, 6.45) is 0.671. The molecule has 19 heavy (non-hydrogen) atoms. The SMILES string of the molecule is CCC(=O)C(O)(CCc1ccccc1)CC(=O)OC. The average molecular weight is 264 g/mol. The van der Waals surface area contributed by atoms with E-state index in [2.05, 4.69) is 4.74 Å². The van der Waals surface area contributed by atoms with E-state index >= 15 is 0 Å². The van der Waals surface area contributed by atoms with Crippen LogP contribution < -0.4 is 0 Å². The molecule has 0 amide bonds. The molecule has 1 rings (SSSR count). The zero-order valence-corrected chi connectivity index (χ0v) is 11.4. The fourth-order valence-electron chi connectivity index (χ4n) is 1.96. The average Bonchev–Trinajstić information content (AvgIpc) is 2.45. The Bertz CT molecular complexity index is 427. The standard InChI is InChI=1S/C15H20O4/c1-3-13(16)15(18,11-14(17)19-2)10-9-12-7-5-4-6-8-12/h4-8,18H,3,9-11H2,1-2H3. The van der Waals surface area contributed by atoms with E-state index in [4.69, 9.17) is 0 Å². The maximum absolute atomic E-state index is 11.8. The van der Waals surface area contributed by atoms with Crippen LogP contribution in [0.4, 0.5) is 0 Å². The van der Waals surface area contributed by atoms with Gasteiger partial charge in [0, 0.05) is 6.42 Å². The first-order valence-electron chi connectivity index (χ1n) is 6.38. The van der Waals surface area contributed by atoms with Gasteiger partial charge in [-0.05, 0) is 18.4 Å². The summed E-state index contributed by atoms with van der Waals surface area (Å²) in [5.41, 5.74) is -0.604. The number of ether oxygens (including phenoxy) is 1. The molecular formula is C15H20O4. The highest BCUT2D eigenvalue weighted by atomic mass is 16.5. The highest BCUT2D eigenvalue weighted by molar-refractivity contribution is 5.90. The number of carbonyl (C=O) groups excluding carboxylic acids is 2. The molecule has 0 heterocycles. The summed E-state index contributed by atoms with van der Waals surface area (Å²) < 4.78 is 4.54. The number of carbonyl (C=O) groups is 2. The molecule has 1 unspecified atom stereocenters. The van der Waals surface area contributed by atoms with E-state index in [9.17, 15) is 14.7 Å². The third-order valence-corrected chi connectivity index (χ3v) is 3.17. The molecule has 1 aromatic rings. The predicted octanol–water partition coefficient (Wildman–Crippen LogP) is 1.89. The van der Waals surface area contributed by atoms with Crippen molar-refractivity contribution < 1.29 is 19.4 Å². The van der Waals surface area contributed by atoms with Crippen LogP contribution in [0.25, 0.3) is 0 Å². The minimum absolute atomic E-state index is 0.197. The molecule has 0 spiro atoms. The lowest BCUT2D eigenvalue weighted by atomic mass is 9.86. The zero-order chi connectivity index (χ0) is 14.3. The minimum atomic E-state index is -1.63. The van der Waals surface area contributed by atoms with Crippen LogP contribution in [0, 0.1) is 0 Å². The van der Waals surface area contributed by atoms with Crippen LogP contribution in [0.5, 0.6) is 0 Å². The lowest BCUT2D eigenvalue weighted by molar-refractivity contribution is -0.153. The molecule has 1 aromatic carbocycles. The third-order valence-electron chi connectivity index (χ3n) is 3.17. The maximum Gasteiger partial charge on any atom is 0.308 e. The van der Waals surface area contributed by atoms with E-state index in [1.165, 1.54) is 7.11 Å². The Morgan fingerprint density at radius 1 is 1.26 bits per heavy atom. The zero-order valence-electron chi connectivity index (χ0n) is 11.4. The first kappa shape index (κ1) is 15.4. The first-order chi connectivity index (χ1) is 9.01. The molecule has 0 aliphatic heterocycles. The van der Waals surface area contributed by atoms with E-state index in [0.29, 0.717) is 6.42 Å². The monoisotopic (exact) mass is 264 g/mol. The third kappa shape index (κ3) is 4.48. The lowest BCUT2D eigenvalue weighted by Gasteiger charge is -2.25. The second-order valence-corrected chi connectivity index (χ2v) is 4.55. The normalized spacial score (nSPS) is 13.6. The molecule has 1 N–H and O–H groups in total. The largest absolute Gasteiger partial charge is 0.469 e. The van der Waals surface area contributed by atoms with Gasteiger partial charge in [0.25, 0.3) is 0 Å². The van der Waals surface area contributed by atoms with Crippen LogP contribution in [-0.2, 0) is 20.7 Å². The number of ketones is 1. The van der Waals surface area contributed by atoms with Gasteiger partial charge in [-0.15, -0.1) is 0 Å². The highest BCUT2D eigenvalue weighted by Gasteiger charge is 2.36. The Morgan fingerprint density at radius 3 is 2.42 bits per heavy atom. The van der Waals surface area contributed by atoms with Gasteiger partial charge in [-0.2, -0.15) is 0 Å². The summed E-state index contributed by atoms with van der Waals surface area (Å²) in [7, 11) is 1.25. The van der Waals surface area contributed by atoms with E-state index in [1.54, 1.807) is 6.92 Å². The number of hydrogen-bond donors (Lipinski definition) is 1. The molecule has 4 nitrogen and oxygen atoms in total. The summed E-state index contributed by atoms with van der Waals surface area (Å²) in [6.45, 7) is 1.67. The molecule has 1 atom stereocenters. The van der Waals surface area contributed by atoms with Gasteiger partial charge in [0.05, 0.1) is 13.5 Å². The van der Waals surface area contributed by atoms with E-state index in [0.717, 1.165) is 5.56 Å². The van der Waals surface area contributed by atoms with Crippen molar-refractivity contribution in [2.24, 2.45) is 0 Å². The van der Waals surface area contributed by atoms with Gasteiger partial charge < -0.3 is 9.84 Å². The number of esters is 1. The Morgan fingerprint density at radius 2 is 1.89 bits per heavy atom. The van der Waals surface area contributed by atoms with Crippen LogP contribution >= 0.6 is 0 Å². The number of aliphatic hydroxyl groups is 1. The van der Waals surface area contributed by atoms with Crippen molar-refractivity contribution in [3.63, 3.8) is 0 Å². The van der Waals surface area contributed by atoms with Crippen molar-refractivity contribution in [2.45, 2.75) is 38.2 Å². The Labute approximate surface area is 113 Å². The second kappa shape index (κ2) is 7.04. The van der Waals surface area contributed by atoms with Gasteiger partial charge in [-0.1, -0.05) is 37.3 Å². The second-order valence-electron chi connectivity index (χ2n) is 4.55. The van der Waals surface area contributed by atoms with E-state index < -0.39 is 11.6 Å². The minimum Gasteiger partial charge on any atom is -0.469 e. The molecule has 0 aliphatic rings. The van der Waals surface area contributed by atoms with Crippen molar-refractivity contribution >= 4 is 11.8 Å². The van der Waals surface area contributed by atoms with Crippen LogP contribution in [0.1, 0.15) is 31.7 Å². The Hall–Kier alpha value is -1.68. The van der Waals surface area contributed by atoms with Crippen molar-refractivity contribution in [1.29, 1.82) is 0 Å². The summed E-state index contributed by atoms with van der Waals surface area (Å²) in [4.78, 5) is 23.2. The van der Waals surface area contributed by atoms with Crippen molar-refractivity contribution in [3.8, 4) is 0 Å². The molecule has 0 saturated heterocycles. The molecule has 4 heteroatoms. The Balaban J connectivity index is 2.74. The van der Waals surface area contributed by atoms with Gasteiger partial charge in [-0.3, -0.25) is 9.59 Å². The number of aryl methyl sites for hydroxylation is 1. The van der Waals surface area contributed by atoms with Gasteiger partial charge in [0.1, 0.15) is 5.60 Å². The molecule has 104 valence electrons. The summed E-state index contributed by atoms with van der Waals surface area (Å²) >= 11 is 0. The number of Topliss-reactive ketones (excluding diaryl/α,β-unsaturated/α-hetero) is 1. The summed E-state index contributed by atoms with van der Waals surface area (Å²) in [5.74, 6) is -0.897. The van der Waals surface area contributed by atoms with Crippen LogP contribution in [-0.4, -0.2) is 29.6 Å². The van der Waals surface area contributed by atoms with Crippen LogP contribution in [0.2, 0.25) is 0 Å². The number of methoxy groups -OCH3 is 1. The molecule has 0 bridgehead atoms. The number of hydrogen-bond acceptors (Lipinski definition) is 4. The smallest absolute Gasteiger partial charge is 0.308 e. The molecule has 0 saturated carbocycles. The van der Waals surface area contributed by atoms with Gasteiger partial charge >= 0.3 is 5.97 Å². The van der Waals surface area contributed by atoms with Gasteiger partial charge in [-0.25, -0.2) is 0 Å². The van der Waals surface area contributed by atoms with Crippen molar-refractivity contribution in [2.75, 3.05) is 7.11 Å². The first-order valence-corrected chi connectivity index (χ1v) is 6.38. The van der Waals surface area contributed by atoms with Crippen LogP contribution in [0.3, 0.4) is 0 Å². The molecule has 0 aromatic heterocycles. The fourth-order valence-corrected chi connectivity index (χ4v) is 1.96. The molecule has 0 radical (unpaired) electrons. The topological polar surface area (TPSA) is 63.6 Å². The number of rotatable bonds is 7. The lowest BCUT2D eigenvalue weighted by Crippen LogP contribution is -2.41. The number of benzene rings is 1. The van der Waals surface area contributed by atoms with Crippen LogP contribution in [0.15, 0.2) is 30.3 Å². The Kier molecular flexibility index (Phi) is 5.70. The van der Waals surface area contributed by atoms with Crippen molar-refractivity contribution in [3.05, 3.63) is 35.9 Å². The fraction of sp³-hybridized carbons (Fsp3) is 0.467. The summed E-state index contributed by atoms with van der Waals surface area (Å²) in [6, 6.07) is 9.55. The predicted molar refractivity (Wildman–Crippen MR) is 71.6 cm³/mol. The maximum atomic E-state index is 11.8. The molecule has 0 aliphatic carbocycles. The van der Waals surface area contributed by atoms with Gasteiger partial charge in [0.2, 0.25) is 0 Å². The van der Waals surface area contributed by atoms with E-state index in [-0.39, 0.29) is 25.0 Å². The quantitative estimate of drug-likeness (QED) is 0.764. The van der Waals surface area contributed by atoms with Crippen molar-refractivity contribution in [1.82, 2.24) is 0 Å². The summed E-state index contributed by atoms with van der Waals surface area (Å²) in [5, 5.41) is 10.4. The van der Waals surface area contributed by atoms with Gasteiger partial charge in [0.15, 0.2) is 5.78 Å². The highest BCUT2D eigenvalue weighted by Crippen LogP contribution is 2.22. The molecular weight excluding hydrogens is 244 g/mol. The van der Waals surface area contributed by atoms with E-state index in [1.807, 2.05) is 30.3 Å².